The molecule has 1 rings (SSSR count). The minimum Gasteiger partial charge on any atom is -0.495 e. The highest BCUT2D eigenvalue weighted by Crippen LogP contribution is 2.46. The van der Waals surface area contributed by atoms with Gasteiger partial charge in [0.25, 0.3) is 0 Å². The van der Waals surface area contributed by atoms with Gasteiger partial charge < -0.3 is 19.0 Å². The Morgan fingerprint density at radius 2 is 1.83 bits per heavy atom. The second kappa shape index (κ2) is 6.50. The van der Waals surface area contributed by atoms with Crippen LogP contribution in [0.4, 0.5) is 0 Å². The molecule has 0 amide bonds. The van der Waals surface area contributed by atoms with Gasteiger partial charge in [-0.2, -0.15) is 0 Å². The molecule has 1 aromatic carbocycles. The number of hydrogen-bond acceptors (Lipinski definition) is 4. The molecule has 0 aromatic heterocycles. The number of carbonyl (C=O) groups is 1. The molecule has 5 heteroatoms. The maximum atomic E-state index is 10.6. The summed E-state index contributed by atoms with van der Waals surface area (Å²) in [5.41, 5.74) is 0.826. The molecule has 0 saturated carbocycles. The van der Waals surface area contributed by atoms with Gasteiger partial charge in [0.2, 0.25) is 0 Å². The topological polar surface area (TPSA) is 44.8 Å². The first-order chi connectivity index (χ1) is 8.60. The van der Waals surface area contributed by atoms with Crippen LogP contribution in [0.15, 0.2) is 6.07 Å². The second-order valence-corrected chi connectivity index (χ2v) is 4.23. The lowest BCUT2D eigenvalue weighted by Gasteiger charge is -2.19. The van der Waals surface area contributed by atoms with Crippen molar-refractivity contribution < 1.29 is 19.0 Å². The van der Waals surface area contributed by atoms with Gasteiger partial charge in [-0.25, -0.2) is 0 Å². The monoisotopic (exact) mass is 272 g/mol. The van der Waals surface area contributed by atoms with Crippen molar-refractivity contribution in [3.63, 3.8) is 0 Å². The molecule has 0 bridgehead atoms. The third kappa shape index (κ3) is 2.70. The van der Waals surface area contributed by atoms with Crippen LogP contribution in [0.3, 0.4) is 0 Å². The molecule has 0 heterocycles. The number of hydrogen-bond donors (Lipinski definition) is 0. The van der Waals surface area contributed by atoms with Crippen molar-refractivity contribution >= 4 is 17.9 Å². The maximum Gasteiger partial charge on any atom is 0.183 e. The zero-order chi connectivity index (χ0) is 13.7. The van der Waals surface area contributed by atoms with E-state index in [9.17, 15) is 4.79 Å². The van der Waals surface area contributed by atoms with Gasteiger partial charge in [-0.05, 0) is 12.0 Å². The summed E-state index contributed by atoms with van der Waals surface area (Å²) in [6.45, 7) is 1.93. The van der Waals surface area contributed by atoms with Crippen LogP contribution in [-0.4, -0.2) is 27.6 Å². The van der Waals surface area contributed by atoms with Gasteiger partial charge in [0.05, 0.1) is 21.3 Å². The van der Waals surface area contributed by atoms with E-state index in [1.807, 2.05) is 6.92 Å². The summed E-state index contributed by atoms with van der Waals surface area (Å²) in [6, 6.07) is 1.79. The van der Waals surface area contributed by atoms with E-state index in [0.29, 0.717) is 28.7 Å². The summed E-state index contributed by atoms with van der Waals surface area (Å²) in [5, 5.41) is 0.354. The molecular formula is C13H17ClO4. The molecule has 0 saturated heterocycles. The standard InChI is InChI=1S/C13H17ClO4/c1-8(5-6-15)9-7-10(16-2)13(18-4)11(14)12(9)17-3/h6-8H,5H2,1-4H3. The molecule has 1 atom stereocenters. The average Bonchev–Trinajstić information content (AvgIpc) is 2.37. The number of aldehydes is 1. The molecule has 0 aliphatic heterocycles. The summed E-state index contributed by atoms with van der Waals surface area (Å²) in [7, 11) is 4.58. The lowest BCUT2D eigenvalue weighted by Crippen LogP contribution is -2.02. The van der Waals surface area contributed by atoms with Gasteiger partial charge >= 0.3 is 0 Å². The van der Waals surface area contributed by atoms with Crippen LogP contribution in [0, 0.1) is 0 Å². The first-order valence-electron chi connectivity index (χ1n) is 5.52. The zero-order valence-corrected chi connectivity index (χ0v) is 11.7. The highest BCUT2D eigenvalue weighted by molar-refractivity contribution is 6.34. The molecule has 0 spiro atoms. The third-order valence-electron chi connectivity index (χ3n) is 2.78. The molecule has 4 nitrogen and oxygen atoms in total. The van der Waals surface area contributed by atoms with Gasteiger partial charge in [0.15, 0.2) is 11.5 Å². The normalized spacial score (nSPS) is 11.8. The van der Waals surface area contributed by atoms with Crippen molar-refractivity contribution in [1.29, 1.82) is 0 Å². The van der Waals surface area contributed by atoms with Crippen molar-refractivity contribution in [2.24, 2.45) is 0 Å². The Morgan fingerprint density at radius 1 is 1.22 bits per heavy atom. The number of ether oxygens (including phenoxy) is 3. The predicted octanol–water partition coefficient (Wildman–Crippen LogP) is 3.06. The SMILES string of the molecule is COc1cc(C(C)CC=O)c(OC)c(Cl)c1OC. The first kappa shape index (κ1) is 14.6. The van der Waals surface area contributed by atoms with E-state index in [1.54, 1.807) is 6.07 Å². The largest absolute Gasteiger partial charge is 0.495 e. The van der Waals surface area contributed by atoms with E-state index in [4.69, 9.17) is 25.8 Å². The first-order valence-corrected chi connectivity index (χ1v) is 5.90. The summed E-state index contributed by atoms with van der Waals surface area (Å²) in [5.74, 6) is 1.47. The summed E-state index contributed by atoms with van der Waals surface area (Å²) < 4.78 is 15.7. The predicted molar refractivity (Wildman–Crippen MR) is 70.2 cm³/mol. The van der Waals surface area contributed by atoms with E-state index in [0.717, 1.165) is 11.8 Å². The Labute approximate surface area is 112 Å². The summed E-state index contributed by atoms with van der Waals surface area (Å²) >= 11 is 6.22. The highest BCUT2D eigenvalue weighted by Gasteiger charge is 2.22. The van der Waals surface area contributed by atoms with Crippen molar-refractivity contribution in [3.8, 4) is 17.2 Å². The van der Waals surface area contributed by atoms with Gasteiger partial charge in [-0.15, -0.1) is 0 Å². The minimum atomic E-state index is -0.00486. The van der Waals surface area contributed by atoms with E-state index in [-0.39, 0.29) is 5.92 Å². The number of benzene rings is 1. The molecule has 0 radical (unpaired) electrons. The molecule has 18 heavy (non-hydrogen) atoms. The average molecular weight is 273 g/mol. The fourth-order valence-electron chi connectivity index (χ4n) is 1.80. The molecule has 0 aliphatic rings. The Kier molecular flexibility index (Phi) is 5.28. The summed E-state index contributed by atoms with van der Waals surface area (Å²) in [6.07, 6.45) is 1.26. The zero-order valence-electron chi connectivity index (χ0n) is 11.0. The minimum absolute atomic E-state index is 0.00486. The third-order valence-corrected chi connectivity index (χ3v) is 3.12. The molecule has 0 N–H and O–H groups in total. The van der Waals surface area contributed by atoms with Crippen molar-refractivity contribution in [2.45, 2.75) is 19.3 Å². The molecule has 100 valence electrons. The smallest absolute Gasteiger partial charge is 0.183 e. The highest BCUT2D eigenvalue weighted by atomic mass is 35.5. The maximum absolute atomic E-state index is 10.6. The quantitative estimate of drug-likeness (QED) is 0.747. The lowest BCUT2D eigenvalue weighted by atomic mass is 9.96. The van der Waals surface area contributed by atoms with Gasteiger partial charge in [-0.3, -0.25) is 0 Å². The molecule has 0 fully saturated rings. The number of methoxy groups -OCH3 is 3. The number of carbonyl (C=O) groups excluding carboxylic acids is 1. The van der Waals surface area contributed by atoms with Gasteiger partial charge in [0.1, 0.15) is 17.1 Å². The number of halogens is 1. The number of rotatable bonds is 6. The Bertz CT molecular complexity index is 431. The van der Waals surface area contributed by atoms with E-state index >= 15 is 0 Å². The fourth-order valence-corrected chi connectivity index (χ4v) is 2.15. The van der Waals surface area contributed by atoms with Crippen LogP contribution in [0.2, 0.25) is 5.02 Å². The Hall–Kier alpha value is -1.42. The van der Waals surface area contributed by atoms with Crippen LogP contribution < -0.4 is 14.2 Å². The Morgan fingerprint density at radius 3 is 2.28 bits per heavy atom. The Balaban J connectivity index is 3.41. The molecular weight excluding hydrogens is 256 g/mol. The van der Waals surface area contributed by atoms with E-state index in [2.05, 4.69) is 0 Å². The van der Waals surface area contributed by atoms with Crippen molar-refractivity contribution in [1.82, 2.24) is 0 Å². The van der Waals surface area contributed by atoms with Crippen LogP contribution in [0.1, 0.15) is 24.8 Å². The lowest BCUT2D eigenvalue weighted by molar-refractivity contribution is -0.108. The molecule has 1 unspecified atom stereocenters. The fraction of sp³-hybridized carbons (Fsp3) is 0.462. The van der Waals surface area contributed by atoms with Crippen LogP contribution in [-0.2, 0) is 4.79 Å². The molecule has 1 aromatic rings. The molecule has 0 aliphatic carbocycles. The summed E-state index contributed by atoms with van der Waals surface area (Å²) in [4.78, 5) is 10.6. The second-order valence-electron chi connectivity index (χ2n) is 3.85. The van der Waals surface area contributed by atoms with Crippen LogP contribution in [0.5, 0.6) is 17.2 Å². The van der Waals surface area contributed by atoms with Crippen LogP contribution >= 0.6 is 11.6 Å². The van der Waals surface area contributed by atoms with E-state index in [1.165, 1.54) is 21.3 Å². The van der Waals surface area contributed by atoms with Gasteiger partial charge in [-0.1, -0.05) is 18.5 Å². The van der Waals surface area contributed by atoms with Crippen LogP contribution in [0.25, 0.3) is 0 Å². The van der Waals surface area contributed by atoms with Gasteiger partial charge in [0, 0.05) is 12.0 Å². The van der Waals surface area contributed by atoms with Crippen molar-refractivity contribution in [2.75, 3.05) is 21.3 Å². The van der Waals surface area contributed by atoms with Crippen molar-refractivity contribution in [3.05, 3.63) is 16.7 Å². The van der Waals surface area contributed by atoms with E-state index < -0.39 is 0 Å².